The summed E-state index contributed by atoms with van der Waals surface area (Å²) in [5.41, 5.74) is 2.78. The number of hydrogen-bond acceptors (Lipinski definition) is 7. The molecule has 40 heavy (non-hydrogen) atoms. The van der Waals surface area contributed by atoms with Crippen LogP contribution in [-0.4, -0.2) is 71.9 Å². The van der Waals surface area contributed by atoms with Crippen LogP contribution in [0.1, 0.15) is 64.4 Å². The van der Waals surface area contributed by atoms with Gasteiger partial charge in [-0.2, -0.15) is 4.98 Å². The molecular formula is C29H38ClFN8O. The molecular weight excluding hydrogens is 531 g/mol. The molecule has 5 heterocycles. The van der Waals surface area contributed by atoms with Crippen LogP contribution in [0.4, 0.5) is 10.2 Å². The molecule has 0 radical (unpaired) electrons. The van der Waals surface area contributed by atoms with E-state index in [4.69, 9.17) is 26.3 Å². The molecule has 4 aromatic rings. The van der Waals surface area contributed by atoms with Gasteiger partial charge in [0.1, 0.15) is 23.5 Å². The van der Waals surface area contributed by atoms with Gasteiger partial charge in [0.15, 0.2) is 11.5 Å². The van der Waals surface area contributed by atoms with Crippen molar-refractivity contribution in [1.82, 2.24) is 34.0 Å². The van der Waals surface area contributed by atoms with Gasteiger partial charge in [-0.1, -0.05) is 31.5 Å². The number of halogens is 2. The van der Waals surface area contributed by atoms with E-state index < -0.39 is 0 Å². The lowest BCUT2D eigenvalue weighted by atomic mass is 9.92. The van der Waals surface area contributed by atoms with E-state index in [0.29, 0.717) is 11.7 Å². The van der Waals surface area contributed by atoms with E-state index in [1.165, 1.54) is 0 Å². The summed E-state index contributed by atoms with van der Waals surface area (Å²) in [6, 6.07) is 5.68. The Morgan fingerprint density at radius 2 is 1.98 bits per heavy atom. The first-order chi connectivity index (χ1) is 19.2. The molecule has 0 saturated carbocycles. The van der Waals surface area contributed by atoms with E-state index in [1.54, 1.807) is 18.5 Å². The van der Waals surface area contributed by atoms with Gasteiger partial charge in [0.2, 0.25) is 0 Å². The number of ether oxygens (including phenoxy) is 1. The van der Waals surface area contributed by atoms with Gasteiger partial charge >= 0.3 is 0 Å². The summed E-state index contributed by atoms with van der Waals surface area (Å²) in [6.07, 6.45) is 4.96. The zero-order valence-electron chi connectivity index (χ0n) is 23.9. The van der Waals surface area contributed by atoms with Gasteiger partial charge in [-0.25, -0.2) is 13.8 Å². The fraction of sp³-hybridized carbons (Fsp3) is 0.586. The first-order valence-electron chi connectivity index (χ1n) is 14.4. The summed E-state index contributed by atoms with van der Waals surface area (Å²) in [4.78, 5) is 14.9. The fourth-order valence-corrected chi connectivity index (χ4v) is 6.59. The largest absolute Gasteiger partial charge is 0.376 e. The van der Waals surface area contributed by atoms with E-state index in [1.807, 2.05) is 17.4 Å². The van der Waals surface area contributed by atoms with Crippen molar-refractivity contribution >= 4 is 34.4 Å². The van der Waals surface area contributed by atoms with Gasteiger partial charge < -0.3 is 14.2 Å². The SMILES string of the molecule is Cc1nc2c(N3C[C@@H](C)N(C(CC(C)C)c4ccc(Cl)c(F)c4)C[C@@H]3C)nc3nncn3c2n1C[C@@H]1CCCO1. The Labute approximate surface area is 239 Å². The minimum atomic E-state index is -0.366. The number of benzene rings is 1. The number of aryl methyl sites for hydroxylation is 1. The van der Waals surface area contributed by atoms with Gasteiger partial charge in [-0.3, -0.25) is 4.90 Å². The third kappa shape index (κ3) is 4.94. The third-order valence-electron chi connectivity index (χ3n) is 8.45. The summed E-state index contributed by atoms with van der Waals surface area (Å²) in [7, 11) is 0. The lowest BCUT2D eigenvalue weighted by molar-refractivity contribution is 0.0958. The second-order valence-electron chi connectivity index (χ2n) is 11.9. The van der Waals surface area contributed by atoms with E-state index in [9.17, 15) is 4.39 Å². The predicted molar refractivity (Wildman–Crippen MR) is 154 cm³/mol. The monoisotopic (exact) mass is 568 g/mol. The molecule has 0 spiro atoms. The Morgan fingerprint density at radius 3 is 2.70 bits per heavy atom. The molecule has 1 unspecified atom stereocenters. The quantitative estimate of drug-likeness (QED) is 0.294. The van der Waals surface area contributed by atoms with Crippen LogP contribution in [0, 0.1) is 18.7 Å². The van der Waals surface area contributed by atoms with Crippen molar-refractivity contribution in [3.8, 4) is 0 Å². The molecule has 6 rings (SSSR count). The Hall–Kier alpha value is -2.82. The number of piperazine rings is 1. The highest BCUT2D eigenvalue weighted by atomic mass is 35.5. The Kier molecular flexibility index (Phi) is 7.43. The standard InChI is InChI=1S/C29H38ClFN8O/c1-17(2)11-25(21-8-9-23(30)24(31)12-21)36-13-19(4)37(14-18(36)3)27-26-28(39-16-32-35-29(39)34-27)38(20(5)33-26)15-22-7-6-10-40-22/h8-9,12,16-19,22,25H,6-7,10-11,13-15H2,1-5H3/t18-,19+,22+,25?/m1/s1. The second kappa shape index (κ2) is 10.9. The van der Waals surface area contributed by atoms with Gasteiger partial charge in [0, 0.05) is 37.8 Å². The van der Waals surface area contributed by atoms with Gasteiger partial charge in [0.25, 0.3) is 5.78 Å². The Balaban J connectivity index is 1.36. The maximum atomic E-state index is 14.5. The minimum absolute atomic E-state index is 0.0891. The summed E-state index contributed by atoms with van der Waals surface area (Å²) in [5.74, 6) is 2.41. The zero-order valence-corrected chi connectivity index (χ0v) is 24.6. The summed E-state index contributed by atoms with van der Waals surface area (Å²) < 4.78 is 24.6. The van der Waals surface area contributed by atoms with Crippen molar-refractivity contribution < 1.29 is 9.13 Å². The number of fused-ring (bicyclic) bond motifs is 3. The molecule has 214 valence electrons. The average molecular weight is 569 g/mol. The minimum Gasteiger partial charge on any atom is -0.376 e. The van der Waals surface area contributed by atoms with Gasteiger partial charge in [0.05, 0.1) is 17.7 Å². The normalized spacial score (nSPS) is 23.2. The van der Waals surface area contributed by atoms with Crippen molar-refractivity contribution in [2.75, 3.05) is 24.6 Å². The van der Waals surface area contributed by atoms with Crippen LogP contribution >= 0.6 is 11.6 Å². The second-order valence-corrected chi connectivity index (χ2v) is 12.3. The molecule has 0 aliphatic carbocycles. The summed E-state index contributed by atoms with van der Waals surface area (Å²) in [5, 5.41) is 8.66. The van der Waals surface area contributed by atoms with E-state index in [2.05, 4.69) is 52.3 Å². The molecule has 0 bridgehead atoms. The topological polar surface area (TPSA) is 76.6 Å². The number of anilines is 1. The highest BCUT2D eigenvalue weighted by Gasteiger charge is 2.37. The molecule has 2 saturated heterocycles. The van der Waals surface area contributed by atoms with Crippen LogP contribution in [0.2, 0.25) is 5.02 Å². The molecule has 4 atom stereocenters. The van der Waals surface area contributed by atoms with Crippen LogP contribution in [0.3, 0.4) is 0 Å². The fourth-order valence-electron chi connectivity index (χ4n) is 6.47. The average Bonchev–Trinajstić information content (AvgIpc) is 3.66. The smallest absolute Gasteiger partial charge is 0.258 e. The predicted octanol–water partition coefficient (Wildman–Crippen LogP) is 5.44. The highest BCUT2D eigenvalue weighted by molar-refractivity contribution is 6.30. The zero-order chi connectivity index (χ0) is 28.1. The van der Waals surface area contributed by atoms with Crippen LogP contribution in [0.15, 0.2) is 24.5 Å². The number of rotatable bonds is 7. The lowest BCUT2D eigenvalue weighted by Gasteiger charge is -2.48. The Bertz CT molecular complexity index is 1510. The van der Waals surface area contributed by atoms with Gasteiger partial charge in [-0.15, -0.1) is 10.2 Å². The van der Waals surface area contributed by atoms with Crippen molar-refractivity contribution in [1.29, 1.82) is 0 Å². The molecule has 0 N–H and O–H groups in total. The molecule has 3 aromatic heterocycles. The molecule has 2 aliphatic heterocycles. The molecule has 11 heteroatoms. The molecule has 9 nitrogen and oxygen atoms in total. The summed E-state index contributed by atoms with van der Waals surface area (Å²) in [6.45, 7) is 14.1. The summed E-state index contributed by atoms with van der Waals surface area (Å²) >= 11 is 6.03. The first-order valence-corrected chi connectivity index (χ1v) is 14.7. The number of imidazole rings is 1. The Morgan fingerprint density at radius 1 is 1.15 bits per heavy atom. The number of hydrogen-bond donors (Lipinski definition) is 0. The van der Waals surface area contributed by atoms with Crippen molar-refractivity contribution in [2.45, 2.75) is 84.7 Å². The van der Waals surface area contributed by atoms with Crippen molar-refractivity contribution in [2.24, 2.45) is 5.92 Å². The molecule has 0 amide bonds. The van der Waals surface area contributed by atoms with E-state index in [-0.39, 0.29) is 35.1 Å². The molecule has 2 aliphatic rings. The van der Waals surface area contributed by atoms with Crippen LogP contribution in [0.25, 0.3) is 16.9 Å². The molecule has 1 aromatic carbocycles. The maximum Gasteiger partial charge on any atom is 0.258 e. The van der Waals surface area contributed by atoms with Crippen molar-refractivity contribution in [3.05, 3.63) is 46.8 Å². The van der Waals surface area contributed by atoms with E-state index >= 15 is 0 Å². The lowest BCUT2D eigenvalue weighted by Crippen LogP contribution is -2.57. The van der Waals surface area contributed by atoms with Crippen LogP contribution in [0.5, 0.6) is 0 Å². The third-order valence-corrected chi connectivity index (χ3v) is 8.75. The van der Waals surface area contributed by atoms with Gasteiger partial charge in [-0.05, 0) is 63.6 Å². The van der Waals surface area contributed by atoms with Crippen LogP contribution < -0.4 is 4.90 Å². The number of nitrogens with zero attached hydrogens (tertiary/aromatic N) is 8. The first kappa shape index (κ1) is 27.4. The molecule has 2 fully saturated rings. The van der Waals surface area contributed by atoms with Crippen LogP contribution in [-0.2, 0) is 11.3 Å². The van der Waals surface area contributed by atoms with Crippen molar-refractivity contribution in [3.63, 3.8) is 0 Å². The maximum absolute atomic E-state index is 14.5. The number of aromatic nitrogens is 6. The van der Waals surface area contributed by atoms with E-state index in [0.717, 1.165) is 73.9 Å². The highest BCUT2D eigenvalue weighted by Crippen LogP contribution is 2.36.